The zero-order valence-electron chi connectivity index (χ0n) is 9.96. The maximum Gasteiger partial charge on any atom is 0.169 e. The van der Waals surface area contributed by atoms with Crippen LogP contribution in [0.2, 0.25) is 0 Å². The van der Waals surface area contributed by atoms with Gasteiger partial charge in [-0.05, 0) is 40.2 Å². The molecule has 0 saturated heterocycles. The van der Waals surface area contributed by atoms with Crippen LogP contribution in [0.4, 0.5) is 13.2 Å². The fraction of sp³-hybridized carbons (Fsp3) is 0.0714. The van der Waals surface area contributed by atoms with E-state index < -0.39 is 17.5 Å². The van der Waals surface area contributed by atoms with Crippen LogP contribution in [0.15, 0.2) is 34.8 Å². The summed E-state index contributed by atoms with van der Waals surface area (Å²) in [6.45, 7) is -0.275. The molecule has 0 aliphatic rings. The average molecular weight is 342 g/mol. The Labute approximate surface area is 121 Å². The second-order valence-electron chi connectivity index (χ2n) is 3.91. The third-order valence-electron chi connectivity index (χ3n) is 2.51. The first-order valence-corrected chi connectivity index (χ1v) is 6.26. The predicted octanol–water partition coefficient (Wildman–Crippen LogP) is 4.32. The molecule has 0 unspecified atom stereocenters. The number of nitrogens with zero attached hydrogens (tertiary/aromatic N) is 1. The summed E-state index contributed by atoms with van der Waals surface area (Å²) in [7, 11) is 0. The van der Waals surface area contributed by atoms with Crippen molar-refractivity contribution in [3.8, 4) is 11.8 Å². The van der Waals surface area contributed by atoms with Crippen LogP contribution in [-0.4, -0.2) is 0 Å². The highest BCUT2D eigenvalue weighted by atomic mass is 79.9. The summed E-state index contributed by atoms with van der Waals surface area (Å²) in [5.74, 6) is -2.43. The van der Waals surface area contributed by atoms with E-state index in [0.717, 1.165) is 12.1 Å². The highest BCUT2D eigenvalue weighted by molar-refractivity contribution is 9.10. The quantitative estimate of drug-likeness (QED) is 0.832. The fourth-order valence-corrected chi connectivity index (χ4v) is 2.09. The number of halogens is 4. The topological polar surface area (TPSA) is 33.0 Å². The zero-order chi connectivity index (χ0) is 14.7. The van der Waals surface area contributed by atoms with Gasteiger partial charge >= 0.3 is 0 Å². The predicted molar refractivity (Wildman–Crippen MR) is 69.5 cm³/mol. The lowest BCUT2D eigenvalue weighted by atomic mass is 10.1. The van der Waals surface area contributed by atoms with Crippen molar-refractivity contribution in [2.24, 2.45) is 0 Å². The first-order valence-electron chi connectivity index (χ1n) is 5.47. The van der Waals surface area contributed by atoms with E-state index in [1.54, 1.807) is 0 Å². The molecule has 0 aliphatic carbocycles. The molecule has 2 aromatic rings. The van der Waals surface area contributed by atoms with Crippen LogP contribution in [0.3, 0.4) is 0 Å². The van der Waals surface area contributed by atoms with Gasteiger partial charge in [0.2, 0.25) is 0 Å². The van der Waals surface area contributed by atoms with Gasteiger partial charge < -0.3 is 4.74 Å². The molecule has 2 rings (SSSR count). The highest BCUT2D eigenvalue weighted by Gasteiger charge is 2.12. The molecule has 2 aromatic carbocycles. The lowest BCUT2D eigenvalue weighted by Gasteiger charge is -2.10. The fourth-order valence-electron chi connectivity index (χ4n) is 1.57. The molecule has 0 N–H and O–H groups in total. The highest BCUT2D eigenvalue weighted by Crippen LogP contribution is 2.30. The average Bonchev–Trinajstić information content (AvgIpc) is 2.39. The van der Waals surface area contributed by atoms with E-state index in [4.69, 9.17) is 10.00 Å². The molecular weight excluding hydrogens is 335 g/mol. The Bertz CT molecular complexity index is 674. The van der Waals surface area contributed by atoms with Crippen molar-refractivity contribution in [2.75, 3.05) is 0 Å². The molecule has 0 bridgehead atoms. The molecule has 0 radical (unpaired) electrons. The lowest BCUT2D eigenvalue weighted by Crippen LogP contribution is -2.01. The summed E-state index contributed by atoms with van der Waals surface area (Å²) < 4.78 is 45.2. The first-order chi connectivity index (χ1) is 9.51. The van der Waals surface area contributed by atoms with Crippen LogP contribution in [-0.2, 0) is 6.61 Å². The molecule has 102 valence electrons. The van der Waals surface area contributed by atoms with Gasteiger partial charge in [-0.2, -0.15) is 5.26 Å². The Balaban J connectivity index is 2.24. The molecule has 20 heavy (non-hydrogen) atoms. The monoisotopic (exact) mass is 341 g/mol. The number of hydrogen-bond acceptors (Lipinski definition) is 2. The van der Waals surface area contributed by atoms with Crippen molar-refractivity contribution in [3.05, 3.63) is 63.4 Å². The Morgan fingerprint density at radius 3 is 2.50 bits per heavy atom. The van der Waals surface area contributed by atoms with Crippen molar-refractivity contribution in [1.29, 1.82) is 5.26 Å². The first kappa shape index (κ1) is 14.4. The third-order valence-corrected chi connectivity index (χ3v) is 3.10. The Kier molecular flexibility index (Phi) is 4.30. The smallest absolute Gasteiger partial charge is 0.169 e. The molecule has 0 heterocycles. The summed E-state index contributed by atoms with van der Waals surface area (Å²) in [6, 6.07) is 7.35. The number of hydrogen-bond donors (Lipinski definition) is 0. The molecule has 6 heteroatoms. The zero-order valence-corrected chi connectivity index (χ0v) is 11.5. The summed E-state index contributed by atoms with van der Waals surface area (Å²) in [5.41, 5.74) is 0.378. The third kappa shape index (κ3) is 3.11. The van der Waals surface area contributed by atoms with Gasteiger partial charge in [0, 0.05) is 11.6 Å². The molecular formula is C14H7BrF3NO. The van der Waals surface area contributed by atoms with Crippen molar-refractivity contribution in [3.63, 3.8) is 0 Å². The minimum absolute atomic E-state index is 0.0897. The normalized spacial score (nSPS) is 10.2. The number of rotatable bonds is 3. The van der Waals surface area contributed by atoms with E-state index in [-0.39, 0.29) is 28.0 Å². The van der Waals surface area contributed by atoms with Gasteiger partial charge in [-0.25, -0.2) is 13.2 Å². The van der Waals surface area contributed by atoms with Gasteiger partial charge in [0.1, 0.15) is 18.2 Å². The molecule has 0 amide bonds. The number of ether oxygens (including phenoxy) is 1. The van der Waals surface area contributed by atoms with Gasteiger partial charge in [0.25, 0.3) is 0 Å². The van der Waals surface area contributed by atoms with Crippen molar-refractivity contribution in [2.45, 2.75) is 6.61 Å². The largest absolute Gasteiger partial charge is 0.485 e. The minimum Gasteiger partial charge on any atom is -0.485 e. The summed E-state index contributed by atoms with van der Waals surface area (Å²) in [5, 5.41) is 8.73. The molecule has 0 spiro atoms. The van der Waals surface area contributed by atoms with Gasteiger partial charge in [-0.3, -0.25) is 0 Å². The van der Waals surface area contributed by atoms with Gasteiger partial charge in [-0.15, -0.1) is 0 Å². The molecule has 0 fully saturated rings. The van der Waals surface area contributed by atoms with E-state index in [2.05, 4.69) is 15.9 Å². The SMILES string of the molecule is N#Cc1ccc(F)c(COc2c(F)cc(F)cc2Br)c1. The van der Waals surface area contributed by atoms with Gasteiger partial charge in [0.15, 0.2) is 11.6 Å². The van der Waals surface area contributed by atoms with Crippen LogP contribution in [0.5, 0.6) is 5.75 Å². The van der Waals surface area contributed by atoms with E-state index >= 15 is 0 Å². The maximum atomic E-state index is 13.5. The lowest BCUT2D eigenvalue weighted by molar-refractivity contribution is 0.281. The molecule has 0 atom stereocenters. The minimum atomic E-state index is -0.895. The Hall–Kier alpha value is -2.00. The van der Waals surface area contributed by atoms with E-state index in [1.807, 2.05) is 6.07 Å². The van der Waals surface area contributed by atoms with Crippen molar-refractivity contribution in [1.82, 2.24) is 0 Å². The van der Waals surface area contributed by atoms with E-state index in [9.17, 15) is 13.2 Å². The van der Waals surface area contributed by atoms with Crippen LogP contribution >= 0.6 is 15.9 Å². The summed E-state index contributed by atoms with van der Waals surface area (Å²) in [6.07, 6.45) is 0. The Morgan fingerprint density at radius 1 is 1.10 bits per heavy atom. The number of benzene rings is 2. The standard InChI is InChI=1S/C14H7BrF3NO/c15-11-4-10(16)5-13(18)14(11)20-7-9-3-8(6-19)1-2-12(9)17/h1-5H,7H2. The van der Waals surface area contributed by atoms with Gasteiger partial charge in [-0.1, -0.05) is 0 Å². The molecule has 0 aromatic heterocycles. The van der Waals surface area contributed by atoms with E-state index in [1.165, 1.54) is 12.1 Å². The van der Waals surface area contributed by atoms with Crippen molar-refractivity contribution >= 4 is 15.9 Å². The van der Waals surface area contributed by atoms with Gasteiger partial charge in [0.05, 0.1) is 16.1 Å². The second-order valence-corrected chi connectivity index (χ2v) is 4.76. The van der Waals surface area contributed by atoms with Crippen LogP contribution < -0.4 is 4.74 Å². The molecule has 0 saturated carbocycles. The molecule has 0 aliphatic heterocycles. The maximum absolute atomic E-state index is 13.5. The summed E-state index contributed by atoms with van der Waals surface area (Å²) >= 11 is 2.97. The summed E-state index contributed by atoms with van der Waals surface area (Å²) in [4.78, 5) is 0. The molecule has 2 nitrogen and oxygen atoms in total. The Morgan fingerprint density at radius 2 is 1.85 bits per heavy atom. The van der Waals surface area contributed by atoms with E-state index in [0.29, 0.717) is 6.07 Å². The van der Waals surface area contributed by atoms with Crippen molar-refractivity contribution < 1.29 is 17.9 Å². The van der Waals surface area contributed by atoms with Crippen LogP contribution in [0.1, 0.15) is 11.1 Å². The van der Waals surface area contributed by atoms with Crippen LogP contribution in [0.25, 0.3) is 0 Å². The van der Waals surface area contributed by atoms with Crippen LogP contribution in [0, 0.1) is 28.8 Å². The number of nitriles is 1. The second kappa shape index (κ2) is 5.97.